The monoisotopic (exact) mass is 292 g/mol. The van der Waals surface area contributed by atoms with E-state index in [0.717, 1.165) is 25.7 Å². The third-order valence-corrected chi connectivity index (χ3v) is 2.81. The normalized spacial score (nSPS) is 14.0. The molecule has 1 atom stereocenters. The topological polar surface area (TPSA) is 57.5 Å². The predicted octanol–water partition coefficient (Wildman–Crippen LogP) is 4.41. The van der Waals surface area contributed by atoms with Gasteiger partial charge < -0.3 is 10.2 Å². The molecule has 0 aliphatic carbocycles. The highest BCUT2D eigenvalue weighted by Gasteiger charge is 1.95. The molecule has 0 aromatic rings. The van der Waals surface area contributed by atoms with Gasteiger partial charge in [0.25, 0.3) is 0 Å². The molecule has 0 bridgehead atoms. The van der Waals surface area contributed by atoms with Crippen LogP contribution in [-0.2, 0) is 4.79 Å². The van der Waals surface area contributed by atoms with E-state index >= 15 is 0 Å². The highest BCUT2D eigenvalue weighted by molar-refractivity contribution is 5.66. The standard InChI is InChI=1S/C18H28O3/c1-2-3-4-5-6-8-11-14-17(19)15-12-9-7-10-13-16-18(20)21/h3-4,6,8-9,11-12,14,17,19H,2,5,7,10,13,15-16H2,1H3,(H,20,21)/b4-3-,8-6-,12-9-,14-11+. The summed E-state index contributed by atoms with van der Waals surface area (Å²) in [7, 11) is 0. The second-order valence-corrected chi connectivity index (χ2v) is 4.84. The van der Waals surface area contributed by atoms with Gasteiger partial charge in [-0.25, -0.2) is 0 Å². The largest absolute Gasteiger partial charge is 0.481 e. The van der Waals surface area contributed by atoms with E-state index in [0.29, 0.717) is 12.8 Å². The lowest BCUT2D eigenvalue weighted by Crippen LogP contribution is -1.98. The number of carboxylic acids is 1. The Morgan fingerprint density at radius 2 is 1.86 bits per heavy atom. The molecule has 0 aromatic heterocycles. The molecule has 0 spiro atoms. The fourth-order valence-electron chi connectivity index (χ4n) is 1.66. The first-order chi connectivity index (χ1) is 10.2. The number of aliphatic hydroxyl groups excluding tert-OH is 1. The van der Waals surface area contributed by atoms with Gasteiger partial charge >= 0.3 is 5.97 Å². The zero-order valence-corrected chi connectivity index (χ0v) is 12.9. The number of carbonyl (C=O) groups is 1. The van der Waals surface area contributed by atoms with E-state index in [2.05, 4.69) is 19.1 Å². The van der Waals surface area contributed by atoms with E-state index < -0.39 is 12.1 Å². The minimum Gasteiger partial charge on any atom is -0.481 e. The van der Waals surface area contributed by atoms with Crippen molar-refractivity contribution >= 4 is 5.97 Å². The molecule has 0 saturated heterocycles. The van der Waals surface area contributed by atoms with E-state index in [4.69, 9.17) is 5.11 Å². The van der Waals surface area contributed by atoms with Crippen LogP contribution in [0, 0.1) is 0 Å². The molecular formula is C18H28O3. The summed E-state index contributed by atoms with van der Waals surface area (Å²) in [4.78, 5) is 10.3. The van der Waals surface area contributed by atoms with E-state index in [-0.39, 0.29) is 6.42 Å². The average molecular weight is 292 g/mol. The number of carboxylic acid groups (broad SMARTS) is 1. The predicted molar refractivity (Wildman–Crippen MR) is 88.2 cm³/mol. The van der Waals surface area contributed by atoms with Crippen LogP contribution in [-0.4, -0.2) is 22.3 Å². The van der Waals surface area contributed by atoms with Gasteiger partial charge in [0.2, 0.25) is 0 Å². The second kappa shape index (κ2) is 14.8. The van der Waals surface area contributed by atoms with Crippen LogP contribution in [0.5, 0.6) is 0 Å². The quantitative estimate of drug-likeness (QED) is 0.318. The van der Waals surface area contributed by atoms with Crippen LogP contribution >= 0.6 is 0 Å². The van der Waals surface area contributed by atoms with E-state index in [1.54, 1.807) is 6.08 Å². The Labute approximate surface area is 128 Å². The van der Waals surface area contributed by atoms with Crippen LogP contribution in [0.2, 0.25) is 0 Å². The summed E-state index contributed by atoms with van der Waals surface area (Å²) in [6.45, 7) is 2.11. The lowest BCUT2D eigenvalue weighted by Gasteiger charge is -1.99. The smallest absolute Gasteiger partial charge is 0.303 e. The minimum atomic E-state index is -0.738. The Morgan fingerprint density at radius 3 is 2.57 bits per heavy atom. The number of aliphatic hydroxyl groups is 1. The van der Waals surface area contributed by atoms with E-state index in [1.807, 2.05) is 30.4 Å². The Balaban J connectivity index is 3.62. The lowest BCUT2D eigenvalue weighted by atomic mass is 10.1. The maximum Gasteiger partial charge on any atom is 0.303 e. The molecule has 0 rings (SSSR count). The Kier molecular flexibility index (Phi) is 13.7. The number of hydrogen-bond donors (Lipinski definition) is 2. The molecular weight excluding hydrogens is 264 g/mol. The molecule has 0 aromatic carbocycles. The van der Waals surface area contributed by atoms with Gasteiger partial charge in [0, 0.05) is 6.42 Å². The second-order valence-electron chi connectivity index (χ2n) is 4.84. The summed E-state index contributed by atoms with van der Waals surface area (Å²) in [5.74, 6) is -0.738. The van der Waals surface area contributed by atoms with Crippen molar-refractivity contribution in [3.63, 3.8) is 0 Å². The molecule has 2 N–H and O–H groups in total. The van der Waals surface area contributed by atoms with Gasteiger partial charge in [0.05, 0.1) is 6.10 Å². The van der Waals surface area contributed by atoms with Crippen LogP contribution in [0.3, 0.4) is 0 Å². The first-order valence-corrected chi connectivity index (χ1v) is 7.70. The summed E-state index contributed by atoms with van der Waals surface area (Å²) in [5, 5.41) is 18.2. The molecule has 1 unspecified atom stereocenters. The molecule has 0 heterocycles. The van der Waals surface area contributed by atoms with Crippen molar-refractivity contribution < 1.29 is 15.0 Å². The van der Waals surface area contributed by atoms with Crippen molar-refractivity contribution in [2.24, 2.45) is 0 Å². The van der Waals surface area contributed by atoms with Gasteiger partial charge in [-0.05, 0) is 38.5 Å². The van der Waals surface area contributed by atoms with Gasteiger partial charge in [0.15, 0.2) is 0 Å². The van der Waals surface area contributed by atoms with Crippen molar-refractivity contribution in [1.82, 2.24) is 0 Å². The average Bonchev–Trinajstić information content (AvgIpc) is 2.45. The van der Waals surface area contributed by atoms with Gasteiger partial charge in [-0.15, -0.1) is 0 Å². The summed E-state index contributed by atoms with van der Waals surface area (Å²) < 4.78 is 0. The maximum atomic E-state index is 10.3. The zero-order chi connectivity index (χ0) is 15.8. The lowest BCUT2D eigenvalue weighted by molar-refractivity contribution is -0.137. The summed E-state index contributed by atoms with van der Waals surface area (Å²) in [5.41, 5.74) is 0. The number of unbranched alkanes of at least 4 members (excludes halogenated alkanes) is 2. The molecule has 0 aliphatic heterocycles. The molecule has 21 heavy (non-hydrogen) atoms. The van der Waals surface area contributed by atoms with Crippen molar-refractivity contribution in [1.29, 1.82) is 0 Å². The zero-order valence-electron chi connectivity index (χ0n) is 12.9. The molecule has 0 radical (unpaired) electrons. The summed E-state index contributed by atoms with van der Waals surface area (Å²) in [6.07, 6.45) is 20.6. The van der Waals surface area contributed by atoms with Crippen molar-refractivity contribution in [3.8, 4) is 0 Å². The van der Waals surface area contributed by atoms with Gasteiger partial charge in [-0.3, -0.25) is 4.79 Å². The molecule has 0 saturated carbocycles. The molecule has 0 fully saturated rings. The number of aliphatic carboxylic acids is 1. The maximum absolute atomic E-state index is 10.3. The minimum absolute atomic E-state index is 0.235. The first-order valence-electron chi connectivity index (χ1n) is 7.70. The Hall–Kier alpha value is -1.61. The van der Waals surface area contributed by atoms with E-state index in [1.165, 1.54) is 0 Å². The molecule has 3 nitrogen and oxygen atoms in total. The molecule has 0 amide bonds. The van der Waals surface area contributed by atoms with Gasteiger partial charge in [0.1, 0.15) is 0 Å². The molecule has 3 heteroatoms. The van der Waals surface area contributed by atoms with Crippen LogP contribution in [0.15, 0.2) is 48.6 Å². The van der Waals surface area contributed by atoms with E-state index in [9.17, 15) is 9.90 Å². The first kappa shape index (κ1) is 19.4. The number of hydrogen-bond acceptors (Lipinski definition) is 2. The SMILES string of the molecule is CC/C=C\C/C=C\C=C\C(O)C/C=C\CCCCC(=O)O. The van der Waals surface area contributed by atoms with Crippen LogP contribution in [0.25, 0.3) is 0 Å². The van der Waals surface area contributed by atoms with Crippen molar-refractivity contribution in [2.45, 2.75) is 58.0 Å². The molecule has 0 aliphatic rings. The van der Waals surface area contributed by atoms with Crippen molar-refractivity contribution in [2.75, 3.05) is 0 Å². The summed E-state index contributed by atoms with van der Waals surface area (Å²) >= 11 is 0. The highest BCUT2D eigenvalue weighted by Crippen LogP contribution is 2.03. The third kappa shape index (κ3) is 16.3. The van der Waals surface area contributed by atoms with Gasteiger partial charge in [-0.2, -0.15) is 0 Å². The fourth-order valence-corrected chi connectivity index (χ4v) is 1.66. The summed E-state index contributed by atoms with van der Waals surface area (Å²) in [6, 6.07) is 0. The fraction of sp³-hybridized carbons (Fsp3) is 0.500. The number of rotatable bonds is 12. The number of allylic oxidation sites excluding steroid dienone is 6. The Morgan fingerprint density at radius 1 is 1.05 bits per heavy atom. The highest BCUT2D eigenvalue weighted by atomic mass is 16.4. The molecule has 118 valence electrons. The van der Waals surface area contributed by atoms with Crippen LogP contribution in [0.1, 0.15) is 51.9 Å². The van der Waals surface area contributed by atoms with Crippen LogP contribution < -0.4 is 0 Å². The third-order valence-electron chi connectivity index (χ3n) is 2.81. The van der Waals surface area contributed by atoms with Crippen molar-refractivity contribution in [3.05, 3.63) is 48.6 Å². The van der Waals surface area contributed by atoms with Crippen LogP contribution in [0.4, 0.5) is 0 Å². The van der Waals surface area contributed by atoms with Gasteiger partial charge in [-0.1, -0.05) is 55.5 Å². The Bertz CT molecular complexity index is 365.